The molecule has 4 aliphatic rings. The SMILES string of the molecule is CCC(=O)N1CCN([C@H]2CCC[C@@H](NC(=O)C3CC4C(F)CCC(C)C4N3)C2)C[C@H]1C(F)(F)F. The number of hydrogen-bond acceptors (Lipinski definition) is 4. The van der Waals surface area contributed by atoms with Crippen molar-refractivity contribution in [3.05, 3.63) is 0 Å². The first-order valence-electron chi connectivity index (χ1n) is 12.9. The van der Waals surface area contributed by atoms with E-state index in [1.54, 1.807) is 6.92 Å². The predicted molar refractivity (Wildman–Crippen MR) is 120 cm³/mol. The van der Waals surface area contributed by atoms with Gasteiger partial charge in [-0.15, -0.1) is 0 Å². The topological polar surface area (TPSA) is 64.7 Å². The molecule has 10 heteroatoms. The number of amides is 2. The van der Waals surface area contributed by atoms with Gasteiger partial charge in [0.1, 0.15) is 12.2 Å². The molecule has 2 amide bonds. The zero-order valence-electron chi connectivity index (χ0n) is 20.1. The van der Waals surface area contributed by atoms with E-state index in [1.165, 1.54) is 0 Å². The molecule has 4 fully saturated rings. The van der Waals surface area contributed by atoms with Crippen molar-refractivity contribution >= 4 is 11.8 Å². The van der Waals surface area contributed by atoms with Gasteiger partial charge in [-0.05, 0) is 50.9 Å². The van der Waals surface area contributed by atoms with Crippen molar-refractivity contribution in [2.24, 2.45) is 11.8 Å². The maximum Gasteiger partial charge on any atom is 0.410 e. The smallest absolute Gasteiger partial charge is 0.352 e. The number of nitrogens with one attached hydrogen (secondary N) is 2. The van der Waals surface area contributed by atoms with E-state index in [1.807, 2.05) is 4.90 Å². The number of nitrogens with zero attached hydrogens (tertiary/aromatic N) is 2. The van der Waals surface area contributed by atoms with Crippen molar-refractivity contribution in [3.8, 4) is 0 Å². The lowest BCUT2D eigenvalue weighted by molar-refractivity contribution is -0.203. The molecule has 2 aliphatic heterocycles. The van der Waals surface area contributed by atoms with Gasteiger partial charge in [-0.3, -0.25) is 14.5 Å². The summed E-state index contributed by atoms with van der Waals surface area (Å²) < 4.78 is 55.6. The Morgan fingerprint density at radius 1 is 1.09 bits per heavy atom. The van der Waals surface area contributed by atoms with Gasteiger partial charge in [0.2, 0.25) is 11.8 Å². The van der Waals surface area contributed by atoms with Gasteiger partial charge >= 0.3 is 6.18 Å². The third kappa shape index (κ3) is 5.37. The second kappa shape index (κ2) is 10.3. The molecule has 0 bridgehead atoms. The summed E-state index contributed by atoms with van der Waals surface area (Å²) in [6.07, 6.45) is -0.406. The molecule has 2 saturated heterocycles. The quantitative estimate of drug-likeness (QED) is 0.595. The van der Waals surface area contributed by atoms with Gasteiger partial charge < -0.3 is 15.5 Å². The summed E-state index contributed by atoms with van der Waals surface area (Å²) in [5.41, 5.74) is 0. The van der Waals surface area contributed by atoms with E-state index in [0.717, 1.165) is 30.6 Å². The molecule has 0 spiro atoms. The zero-order valence-corrected chi connectivity index (χ0v) is 20.1. The Kier molecular flexibility index (Phi) is 7.77. The van der Waals surface area contributed by atoms with Gasteiger partial charge in [0.15, 0.2) is 0 Å². The van der Waals surface area contributed by atoms with E-state index in [9.17, 15) is 27.2 Å². The second-order valence-corrected chi connectivity index (χ2v) is 10.7. The first-order chi connectivity index (χ1) is 16.1. The second-order valence-electron chi connectivity index (χ2n) is 10.7. The first-order valence-corrected chi connectivity index (χ1v) is 12.9. The van der Waals surface area contributed by atoms with Crippen LogP contribution in [0.15, 0.2) is 0 Å². The summed E-state index contributed by atoms with van der Waals surface area (Å²) in [5, 5.41) is 6.46. The molecule has 2 aliphatic carbocycles. The monoisotopic (exact) mass is 490 g/mol. The predicted octanol–water partition coefficient (Wildman–Crippen LogP) is 3.01. The largest absolute Gasteiger partial charge is 0.410 e. The number of carbonyl (C=O) groups is 2. The molecule has 34 heavy (non-hydrogen) atoms. The summed E-state index contributed by atoms with van der Waals surface area (Å²) in [4.78, 5) is 27.9. The van der Waals surface area contributed by atoms with Crippen LogP contribution in [0.4, 0.5) is 17.6 Å². The summed E-state index contributed by atoms with van der Waals surface area (Å²) in [6, 6.07) is -2.33. The lowest BCUT2D eigenvalue weighted by Gasteiger charge is -2.46. The molecule has 6 nitrogen and oxygen atoms in total. The molecular formula is C24H38F4N4O2. The number of piperazine rings is 1. The normalized spacial score (nSPS) is 39.5. The van der Waals surface area contributed by atoms with Crippen molar-refractivity contribution in [3.63, 3.8) is 0 Å². The molecule has 0 aromatic carbocycles. The van der Waals surface area contributed by atoms with E-state index in [2.05, 4.69) is 17.6 Å². The van der Waals surface area contributed by atoms with Crippen LogP contribution in [-0.2, 0) is 9.59 Å². The minimum absolute atomic E-state index is 0.0278. The minimum atomic E-state index is -4.47. The summed E-state index contributed by atoms with van der Waals surface area (Å²) >= 11 is 0. The average Bonchev–Trinajstić information content (AvgIpc) is 3.27. The third-order valence-corrected chi connectivity index (χ3v) is 8.58. The van der Waals surface area contributed by atoms with Crippen molar-refractivity contribution in [1.82, 2.24) is 20.4 Å². The van der Waals surface area contributed by atoms with E-state index in [4.69, 9.17) is 0 Å². The van der Waals surface area contributed by atoms with E-state index < -0.39 is 30.3 Å². The summed E-state index contributed by atoms with van der Waals surface area (Å²) in [7, 11) is 0. The van der Waals surface area contributed by atoms with Crippen molar-refractivity contribution in [1.29, 1.82) is 0 Å². The lowest BCUT2D eigenvalue weighted by Crippen LogP contribution is -2.63. The average molecular weight is 491 g/mol. The van der Waals surface area contributed by atoms with Crippen LogP contribution in [-0.4, -0.2) is 83.8 Å². The van der Waals surface area contributed by atoms with Gasteiger partial charge in [-0.25, -0.2) is 4.39 Å². The highest BCUT2D eigenvalue weighted by molar-refractivity contribution is 5.82. The van der Waals surface area contributed by atoms with E-state index >= 15 is 0 Å². The highest BCUT2D eigenvalue weighted by atomic mass is 19.4. The molecule has 2 N–H and O–H groups in total. The highest BCUT2D eigenvalue weighted by Gasteiger charge is 2.49. The first kappa shape index (κ1) is 25.7. The number of carbonyl (C=O) groups excluding carboxylic acids is 2. The Balaban J connectivity index is 1.34. The van der Waals surface area contributed by atoms with Crippen LogP contribution in [0.25, 0.3) is 0 Å². The Morgan fingerprint density at radius 2 is 1.85 bits per heavy atom. The van der Waals surface area contributed by atoms with E-state index in [-0.39, 0.29) is 49.5 Å². The van der Waals surface area contributed by atoms with Gasteiger partial charge in [-0.2, -0.15) is 13.2 Å². The fourth-order valence-electron chi connectivity index (χ4n) is 6.65. The molecule has 8 atom stereocenters. The molecule has 194 valence electrons. The van der Waals surface area contributed by atoms with Gasteiger partial charge in [-0.1, -0.05) is 13.8 Å². The molecule has 2 saturated carbocycles. The van der Waals surface area contributed by atoms with Crippen LogP contribution in [0.5, 0.6) is 0 Å². The van der Waals surface area contributed by atoms with Gasteiger partial charge in [0.05, 0.1) is 6.04 Å². The Hall–Kier alpha value is -1.42. The maximum atomic E-state index is 14.4. The van der Waals surface area contributed by atoms with Gasteiger partial charge in [0, 0.05) is 50.1 Å². The highest BCUT2D eigenvalue weighted by Crippen LogP contribution is 2.39. The standard InChI is InChI=1S/C24H38F4N4O2/c1-3-21(33)32-10-9-31(13-20(32)24(26,27)28)16-6-4-5-15(11-16)29-23(34)19-12-17-18(25)8-7-14(2)22(17)30-19/h14-20,22,30H,3-13H2,1-2H3,(H,29,34)/t14?,15-,16+,17?,18?,19?,20+,22?/m1/s1. The van der Waals surface area contributed by atoms with Gasteiger partial charge in [0.25, 0.3) is 0 Å². The Labute approximate surface area is 199 Å². The lowest BCUT2D eigenvalue weighted by atomic mass is 9.77. The molecule has 0 aromatic rings. The van der Waals surface area contributed by atoms with E-state index in [0.29, 0.717) is 31.7 Å². The molecule has 5 unspecified atom stereocenters. The summed E-state index contributed by atoms with van der Waals surface area (Å²) in [6.45, 7) is 3.95. The van der Waals surface area contributed by atoms with Crippen LogP contribution < -0.4 is 10.6 Å². The van der Waals surface area contributed by atoms with Crippen molar-refractivity contribution in [2.75, 3.05) is 19.6 Å². The van der Waals surface area contributed by atoms with Crippen molar-refractivity contribution < 1.29 is 27.2 Å². The molecule has 0 radical (unpaired) electrons. The number of rotatable bonds is 4. The van der Waals surface area contributed by atoms with Crippen LogP contribution in [0.2, 0.25) is 0 Å². The maximum absolute atomic E-state index is 14.4. The number of hydrogen-bond donors (Lipinski definition) is 2. The minimum Gasteiger partial charge on any atom is -0.352 e. The van der Waals surface area contributed by atoms with Crippen LogP contribution in [0.3, 0.4) is 0 Å². The molecule has 4 rings (SSSR count). The Bertz CT molecular complexity index is 733. The van der Waals surface area contributed by atoms with Crippen LogP contribution in [0, 0.1) is 11.8 Å². The molecule has 2 heterocycles. The van der Waals surface area contributed by atoms with Crippen LogP contribution >= 0.6 is 0 Å². The fraction of sp³-hybridized carbons (Fsp3) is 0.917. The number of fused-ring (bicyclic) bond motifs is 1. The zero-order chi connectivity index (χ0) is 24.6. The number of alkyl halides is 4. The fourth-order valence-corrected chi connectivity index (χ4v) is 6.65. The Morgan fingerprint density at radius 3 is 2.53 bits per heavy atom. The third-order valence-electron chi connectivity index (χ3n) is 8.58. The van der Waals surface area contributed by atoms with Crippen molar-refractivity contribution in [2.45, 2.75) is 108 Å². The number of halogens is 4. The summed E-state index contributed by atoms with van der Waals surface area (Å²) in [5.74, 6) is -0.370. The van der Waals surface area contributed by atoms with Crippen LogP contribution in [0.1, 0.15) is 65.2 Å². The molecular weight excluding hydrogens is 452 g/mol. The molecule has 0 aromatic heterocycles.